The third-order valence-electron chi connectivity index (χ3n) is 2.62. The smallest absolute Gasteiger partial charge is 0.308 e. The molecule has 0 spiro atoms. The Kier molecular flexibility index (Phi) is 6.08. The summed E-state index contributed by atoms with van der Waals surface area (Å²) in [6, 6.07) is 0. The van der Waals surface area contributed by atoms with Gasteiger partial charge in [-0.15, -0.1) is 12.4 Å². The van der Waals surface area contributed by atoms with Gasteiger partial charge in [-0.1, -0.05) is 6.92 Å². The molecule has 2 unspecified atom stereocenters. The second-order valence-corrected chi connectivity index (χ2v) is 3.42. The van der Waals surface area contributed by atoms with Gasteiger partial charge in [0.25, 0.3) is 0 Å². The summed E-state index contributed by atoms with van der Waals surface area (Å²) in [4.78, 5) is 11.2. The predicted octanol–water partition coefficient (Wildman–Crippen LogP) is 1.22. The summed E-state index contributed by atoms with van der Waals surface area (Å²) in [6.45, 7) is 3.99. The fourth-order valence-electron chi connectivity index (χ4n) is 1.68. The quantitative estimate of drug-likeness (QED) is 0.692. The lowest BCUT2D eigenvalue weighted by Gasteiger charge is -2.26. The Labute approximate surface area is 85.6 Å². The van der Waals surface area contributed by atoms with Gasteiger partial charge in [-0.25, -0.2) is 0 Å². The number of nitrogens with one attached hydrogen (secondary N) is 1. The second-order valence-electron chi connectivity index (χ2n) is 3.42. The van der Waals surface area contributed by atoms with Crippen LogP contribution in [0.1, 0.15) is 19.8 Å². The predicted molar refractivity (Wildman–Crippen MR) is 54.0 cm³/mol. The van der Waals surface area contributed by atoms with Crippen LogP contribution in [0.3, 0.4) is 0 Å². The van der Waals surface area contributed by atoms with Gasteiger partial charge >= 0.3 is 5.97 Å². The maximum absolute atomic E-state index is 11.2. The van der Waals surface area contributed by atoms with Gasteiger partial charge in [-0.2, -0.15) is 0 Å². The molecule has 1 heterocycles. The van der Waals surface area contributed by atoms with Gasteiger partial charge in [0.05, 0.1) is 13.0 Å². The molecule has 3 nitrogen and oxygen atoms in total. The molecule has 0 aliphatic carbocycles. The highest BCUT2D eigenvalue weighted by atomic mass is 35.5. The minimum Gasteiger partial charge on any atom is -0.469 e. The molecule has 1 aliphatic heterocycles. The molecular formula is C9H18ClNO2. The number of esters is 1. The van der Waals surface area contributed by atoms with E-state index in [4.69, 9.17) is 4.74 Å². The molecule has 0 bridgehead atoms. The standard InChI is InChI=1S/C9H17NO2.ClH/c1-7(9(11)12-2)8-4-3-5-10-6-8;/h7-8,10H,3-6H2,1-2H3;1H. The van der Waals surface area contributed by atoms with Crippen molar-refractivity contribution in [3.63, 3.8) is 0 Å². The van der Waals surface area contributed by atoms with E-state index in [1.54, 1.807) is 0 Å². The van der Waals surface area contributed by atoms with Crippen LogP contribution in [0.2, 0.25) is 0 Å². The molecule has 78 valence electrons. The Morgan fingerprint density at radius 3 is 2.77 bits per heavy atom. The fourth-order valence-corrected chi connectivity index (χ4v) is 1.68. The molecule has 0 radical (unpaired) electrons. The van der Waals surface area contributed by atoms with Gasteiger partial charge in [0.15, 0.2) is 0 Å². The minimum atomic E-state index is -0.0799. The minimum absolute atomic E-state index is 0. The lowest BCUT2D eigenvalue weighted by molar-refractivity contribution is -0.146. The number of rotatable bonds is 2. The summed E-state index contributed by atoms with van der Waals surface area (Å²) >= 11 is 0. The maximum atomic E-state index is 11.2. The van der Waals surface area contributed by atoms with E-state index in [1.165, 1.54) is 13.5 Å². The fraction of sp³-hybridized carbons (Fsp3) is 0.889. The number of carbonyl (C=O) groups excluding carboxylic acids is 1. The molecule has 0 aromatic rings. The third kappa shape index (κ3) is 3.53. The van der Waals surface area contributed by atoms with Gasteiger partial charge < -0.3 is 10.1 Å². The topological polar surface area (TPSA) is 38.3 Å². The molecule has 0 aromatic carbocycles. The Balaban J connectivity index is 0.00000144. The second kappa shape index (κ2) is 6.22. The van der Waals surface area contributed by atoms with E-state index in [0.717, 1.165) is 19.5 Å². The summed E-state index contributed by atoms with van der Waals surface area (Å²) in [5.41, 5.74) is 0. The first-order valence-electron chi connectivity index (χ1n) is 4.54. The van der Waals surface area contributed by atoms with Crippen molar-refractivity contribution in [2.75, 3.05) is 20.2 Å². The van der Waals surface area contributed by atoms with Gasteiger partial charge in [-0.05, 0) is 31.8 Å². The normalized spacial score (nSPS) is 24.3. The van der Waals surface area contributed by atoms with Crippen molar-refractivity contribution in [1.29, 1.82) is 0 Å². The van der Waals surface area contributed by atoms with E-state index >= 15 is 0 Å². The number of ether oxygens (including phenoxy) is 1. The number of carbonyl (C=O) groups is 1. The van der Waals surface area contributed by atoms with Crippen LogP contribution in [-0.4, -0.2) is 26.2 Å². The molecule has 13 heavy (non-hydrogen) atoms. The number of halogens is 1. The van der Waals surface area contributed by atoms with Crippen molar-refractivity contribution in [2.24, 2.45) is 11.8 Å². The van der Waals surface area contributed by atoms with Crippen LogP contribution in [0.5, 0.6) is 0 Å². The summed E-state index contributed by atoms with van der Waals surface area (Å²) in [5, 5.41) is 3.29. The highest BCUT2D eigenvalue weighted by Crippen LogP contribution is 2.20. The molecule has 1 fully saturated rings. The van der Waals surface area contributed by atoms with Crippen molar-refractivity contribution < 1.29 is 9.53 Å². The summed E-state index contributed by atoms with van der Waals surface area (Å²) in [5.74, 6) is 0.428. The number of hydrogen-bond donors (Lipinski definition) is 1. The zero-order valence-electron chi connectivity index (χ0n) is 8.21. The zero-order valence-corrected chi connectivity index (χ0v) is 9.02. The third-order valence-corrected chi connectivity index (χ3v) is 2.62. The lowest BCUT2D eigenvalue weighted by Crippen LogP contribution is -2.36. The van der Waals surface area contributed by atoms with Gasteiger partial charge in [0.1, 0.15) is 0 Å². The Morgan fingerprint density at radius 1 is 1.62 bits per heavy atom. The highest BCUT2D eigenvalue weighted by molar-refractivity contribution is 5.85. The summed E-state index contributed by atoms with van der Waals surface area (Å²) in [6.07, 6.45) is 2.31. The van der Waals surface area contributed by atoms with Crippen LogP contribution in [-0.2, 0) is 9.53 Å². The van der Waals surface area contributed by atoms with Crippen LogP contribution in [0.4, 0.5) is 0 Å². The highest BCUT2D eigenvalue weighted by Gasteiger charge is 2.25. The van der Waals surface area contributed by atoms with Crippen molar-refractivity contribution in [3.8, 4) is 0 Å². The average molecular weight is 208 g/mol. The van der Waals surface area contributed by atoms with Crippen LogP contribution < -0.4 is 5.32 Å². The van der Waals surface area contributed by atoms with Crippen LogP contribution in [0.15, 0.2) is 0 Å². The zero-order chi connectivity index (χ0) is 8.97. The van der Waals surface area contributed by atoms with Crippen molar-refractivity contribution >= 4 is 18.4 Å². The lowest BCUT2D eigenvalue weighted by atomic mass is 9.87. The molecule has 0 aromatic heterocycles. The first-order chi connectivity index (χ1) is 5.75. The van der Waals surface area contributed by atoms with E-state index in [1.807, 2.05) is 6.92 Å². The van der Waals surface area contributed by atoms with Crippen LogP contribution >= 0.6 is 12.4 Å². The van der Waals surface area contributed by atoms with Crippen molar-refractivity contribution in [2.45, 2.75) is 19.8 Å². The first-order valence-corrected chi connectivity index (χ1v) is 4.54. The van der Waals surface area contributed by atoms with Crippen molar-refractivity contribution in [1.82, 2.24) is 5.32 Å². The first kappa shape index (κ1) is 12.7. The molecule has 1 N–H and O–H groups in total. The maximum Gasteiger partial charge on any atom is 0.308 e. The van der Waals surface area contributed by atoms with Gasteiger partial charge in [-0.3, -0.25) is 4.79 Å². The molecule has 1 saturated heterocycles. The van der Waals surface area contributed by atoms with E-state index in [2.05, 4.69) is 5.32 Å². The molecule has 0 saturated carbocycles. The van der Waals surface area contributed by atoms with Crippen molar-refractivity contribution in [3.05, 3.63) is 0 Å². The van der Waals surface area contributed by atoms with E-state index in [0.29, 0.717) is 5.92 Å². The van der Waals surface area contributed by atoms with Crippen LogP contribution in [0.25, 0.3) is 0 Å². The molecule has 2 atom stereocenters. The number of piperidine rings is 1. The summed E-state index contributed by atoms with van der Waals surface area (Å²) in [7, 11) is 1.45. The van der Waals surface area contributed by atoms with E-state index in [9.17, 15) is 4.79 Å². The molecule has 1 rings (SSSR count). The van der Waals surface area contributed by atoms with E-state index < -0.39 is 0 Å². The SMILES string of the molecule is COC(=O)C(C)C1CCCNC1.Cl. The summed E-state index contributed by atoms with van der Waals surface area (Å²) < 4.78 is 4.70. The largest absolute Gasteiger partial charge is 0.469 e. The van der Waals surface area contributed by atoms with Gasteiger partial charge in [0, 0.05) is 0 Å². The van der Waals surface area contributed by atoms with Crippen LogP contribution in [0, 0.1) is 11.8 Å². The molecule has 1 aliphatic rings. The number of methoxy groups -OCH3 is 1. The Bertz CT molecular complexity index is 158. The molecule has 4 heteroatoms. The monoisotopic (exact) mass is 207 g/mol. The van der Waals surface area contributed by atoms with E-state index in [-0.39, 0.29) is 24.3 Å². The Hall–Kier alpha value is -0.280. The molecular weight excluding hydrogens is 190 g/mol. The number of hydrogen-bond acceptors (Lipinski definition) is 3. The molecule has 0 amide bonds. The Morgan fingerprint density at radius 2 is 2.31 bits per heavy atom. The average Bonchev–Trinajstić information content (AvgIpc) is 2.17. The van der Waals surface area contributed by atoms with Gasteiger partial charge in [0.2, 0.25) is 0 Å².